The average molecular weight is 267 g/mol. The van der Waals surface area contributed by atoms with Crippen molar-refractivity contribution >= 4 is 0 Å². The molecule has 0 aliphatic rings. The summed E-state index contributed by atoms with van der Waals surface area (Å²) in [6.07, 6.45) is 3.65. The quantitative estimate of drug-likeness (QED) is 0.787. The van der Waals surface area contributed by atoms with Gasteiger partial charge in [-0.25, -0.2) is 0 Å². The van der Waals surface area contributed by atoms with Gasteiger partial charge in [-0.05, 0) is 50.3 Å². The third kappa shape index (κ3) is 4.50. The van der Waals surface area contributed by atoms with Crippen molar-refractivity contribution in [3.8, 4) is 0 Å². The Labute approximate surface area is 123 Å². The Kier molecular flexibility index (Phi) is 5.82. The summed E-state index contributed by atoms with van der Waals surface area (Å²) in [6, 6.07) is 19.7. The Balaban J connectivity index is 1.92. The maximum absolute atomic E-state index is 3.33. The van der Waals surface area contributed by atoms with E-state index >= 15 is 0 Å². The average Bonchev–Trinajstić information content (AvgIpc) is 2.47. The molecular weight excluding hydrogens is 242 g/mol. The maximum atomic E-state index is 3.33. The molecule has 0 spiro atoms. The molecule has 0 radical (unpaired) electrons. The van der Waals surface area contributed by atoms with Crippen LogP contribution in [-0.4, -0.2) is 13.6 Å². The lowest BCUT2D eigenvalue weighted by Gasteiger charge is -2.17. The number of aryl methyl sites for hydroxylation is 2. The molecule has 20 heavy (non-hydrogen) atoms. The second kappa shape index (κ2) is 7.86. The lowest BCUT2D eigenvalue weighted by atomic mass is 9.91. The Bertz CT molecular complexity index is 504. The molecule has 2 rings (SSSR count). The van der Waals surface area contributed by atoms with Crippen LogP contribution in [0.2, 0.25) is 0 Å². The Morgan fingerprint density at radius 3 is 2.50 bits per heavy atom. The lowest BCUT2D eigenvalue weighted by Crippen LogP contribution is -2.17. The van der Waals surface area contributed by atoms with Crippen LogP contribution < -0.4 is 5.32 Å². The topological polar surface area (TPSA) is 12.0 Å². The SMILES string of the molecule is CNCC(CCCc1ccccc1)c1cccc(C)c1. The fourth-order valence-corrected chi connectivity index (χ4v) is 2.75. The van der Waals surface area contributed by atoms with E-state index in [1.807, 2.05) is 7.05 Å². The molecule has 2 aromatic carbocycles. The first-order chi connectivity index (χ1) is 9.79. The van der Waals surface area contributed by atoms with Crippen molar-refractivity contribution in [1.29, 1.82) is 0 Å². The van der Waals surface area contributed by atoms with Gasteiger partial charge in [0.1, 0.15) is 0 Å². The molecule has 0 aromatic heterocycles. The highest BCUT2D eigenvalue weighted by Gasteiger charge is 2.10. The van der Waals surface area contributed by atoms with Gasteiger partial charge in [-0.15, -0.1) is 0 Å². The summed E-state index contributed by atoms with van der Waals surface area (Å²) in [5.41, 5.74) is 4.26. The van der Waals surface area contributed by atoms with Crippen molar-refractivity contribution in [2.24, 2.45) is 0 Å². The minimum atomic E-state index is 0.614. The summed E-state index contributed by atoms with van der Waals surface area (Å²) < 4.78 is 0. The van der Waals surface area contributed by atoms with Gasteiger partial charge >= 0.3 is 0 Å². The maximum Gasteiger partial charge on any atom is 0.00171 e. The number of hydrogen-bond acceptors (Lipinski definition) is 1. The number of benzene rings is 2. The van der Waals surface area contributed by atoms with Crippen molar-refractivity contribution in [1.82, 2.24) is 5.32 Å². The van der Waals surface area contributed by atoms with Gasteiger partial charge < -0.3 is 5.32 Å². The molecule has 1 heteroatoms. The third-order valence-electron chi connectivity index (χ3n) is 3.82. The van der Waals surface area contributed by atoms with E-state index in [4.69, 9.17) is 0 Å². The minimum absolute atomic E-state index is 0.614. The number of likely N-dealkylation sites (N-methyl/N-ethyl adjacent to an activating group) is 1. The van der Waals surface area contributed by atoms with Gasteiger partial charge in [0.05, 0.1) is 0 Å². The van der Waals surface area contributed by atoms with Gasteiger partial charge in [-0.2, -0.15) is 0 Å². The second-order valence-corrected chi connectivity index (χ2v) is 5.55. The van der Waals surface area contributed by atoms with E-state index in [1.54, 1.807) is 0 Å². The highest BCUT2D eigenvalue weighted by molar-refractivity contribution is 5.26. The summed E-state index contributed by atoms with van der Waals surface area (Å²) in [5.74, 6) is 0.614. The van der Waals surface area contributed by atoms with Gasteiger partial charge in [0.25, 0.3) is 0 Å². The van der Waals surface area contributed by atoms with Crippen LogP contribution in [0.3, 0.4) is 0 Å². The molecule has 0 heterocycles. The van der Waals surface area contributed by atoms with Crippen LogP contribution in [0.5, 0.6) is 0 Å². The van der Waals surface area contributed by atoms with Gasteiger partial charge in [0.2, 0.25) is 0 Å². The molecule has 0 aliphatic heterocycles. The van der Waals surface area contributed by atoms with Crippen molar-refractivity contribution < 1.29 is 0 Å². The normalized spacial score (nSPS) is 12.3. The first-order valence-electron chi connectivity index (χ1n) is 7.54. The summed E-state index contributed by atoms with van der Waals surface area (Å²) in [4.78, 5) is 0. The van der Waals surface area contributed by atoms with Crippen LogP contribution >= 0.6 is 0 Å². The van der Waals surface area contributed by atoms with Crippen molar-refractivity contribution in [3.05, 3.63) is 71.3 Å². The van der Waals surface area contributed by atoms with E-state index in [2.05, 4.69) is 66.8 Å². The van der Waals surface area contributed by atoms with Gasteiger partial charge in [0, 0.05) is 6.54 Å². The summed E-state index contributed by atoms with van der Waals surface area (Å²) >= 11 is 0. The number of nitrogens with one attached hydrogen (secondary N) is 1. The highest BCUT2D eigenvalue weighted by atomic mass is 14.8. The summed E-state index contributed by atoms with van der Waals surface area (Å²) in [6.45, 7) is 3.22. The van der Waals surface area contributed by atoms with Crippen molar-refractivity contribution in [2.75, 3.05) is 13.6 Å². The molecule has 2 aromatic rings. The molecule has 0 amide bonds. The van der Waals surface area contributed by atoms with Crippen molar-refractivity contribution in [3.63, 3.8) is 0 Å². The van der Waals surface area contributed by atoms with E-state index in [0.29, 0.717) is 5.92 Å². The highest BCUT2D eigenvalue weighted by Crippen LogP contribution is 2.22. The molecule has 106 valence electrons. The number of hydrogen-bond donors (Lipinski definition) is 1. The molecule has 0 saturated carbocycles. The van der Waals surface area contributed by atoms with E-state index in [1.165, 1.54) is 36.0 Å². The Morgan fingerprint density at radius 2 is 1.80 bits per heavy atom. The zero-order valence-corrected chi connectivity index (χ0v) is 12.6. The first kappa shape index (κ1) is 14.8. The van der Waals surface area contributed by atoms with Gasteiger partial charge in [-0.3, -0.25) is 0 Å². The van der Waals surface area contributed by atoms with E-state index < -0.39 is 0 Å². The Morgan fingerprint density at radius 1 is 1.00 bits per heavy atom. The largest absolute Gasteiger partial charge is 0.319 e. The predicted molar refractivity (Wildman–Crippen MR) is 87.2 cm³/mol. The van der Waals surface area contributed by atoms with Crippen LogP contribution in [0.25, 0.3) is 0 Å². The van der Waals surface area contributed by atoms with E-state index in [0.717, 1.165) is 6.54 Å². The lowest BCUT2D eigenvalue weighted by molar-refractivity contribution is 0.560. The molecule has 0 fully saturated rings. The zero-order valence-electron chi connectivity index (χ0n) is 12.6. The van der Waals surface area contributed by atoms with Crippen LogP contribution in [0.15, 0.2) is 54.6 Å². The van der Waals surface area contributed by atoms with Crippen LogP contribution in [-0.2, 0) is 6.42 Å². The van der Waals surface area contributed by atoms with E-state index in [-0.39, 0.29) is 0 Å². The van der Waals surface area contributed by atoms with Gasteiger partial charge in [0.15, 0.2) is 0 Å². The summed E-state index contributed by atoms with van der Waals surface area (Å²) in [7, 11) is 2.04. The Hall–Kier alpha value is -1.60. The standard InChI is InChI=1S/C19H25N/c1-16-8-6-12-18(14-16)19(15-20-2)13-7-11-17-9-4-3-5-10-17/h3-6,8-10,12,14,19-20H,7,11,13,15H2,1-2H3. The fraction of sp³-hybridized carbons (Fsp3) is 0.368. The molecule has 1 N–H and O–H groups in total. The molecule has 1 atom stereocenters. The summed E-state index contributed by atoms with van der Waals surface area (Å²) in [5, 5.41) is 3.33. The van der Waals surface area contributed by atoms with Crippen LogP contribution in [0.4, 0.5) is 0 Å². The third-order valence-corrected chi connectivity index (χ3v) is 3.82. The molecule has 0 saturated heterocycles. The molecule has 0 bridgehead atoms. The minimum Gasteiger partial charge on any atom is -0.319 e. The second-order valence-electron chi connectivity index (χ2n) is 5.55. The predicted octanol–water partition coefficient (Wildman–Crippen LogP) is 4.32. The zero-order chi connectivity index (χ0) is 14.2. The first-order valence-corrected chi connectivity index (χ1v) is 7.54. The number of rotatable bonds is 7. The van der Waals surface area contributed by atoms with Crippen LogP contribution in [0.1, 0.15) is 35.4 Å². The van der Waals surface area contributed by atoms with Gasteiger partial charge in [-0.1, -0.05) is 60.2 Å². The molecule has 1 nitrogen and oxygen atoms in total. The molecule has 1 unspecified atom stereocenters. The van der Waals surface area contributed by atoms with Crippen LogP contribution in [0, 0.1) is 6.92 Å². The van der Waals surface area contributed by atoms with E-state index in [9.17, 15) is 0 Å². The smallest absolute Gasteiger partial charge is 0.00171 e. The van der Waals surface area contributed by atoms with Crippen molar-refractivity contribution in [2.45, 2.75) is 32.1 Å². The monoisotopic (exact) mass is 267 g/mol. The molecule has 0 aliphatic carbocycles. The fourth-order valence-electron chi connectivity index (χ4n) is 2.75. The molecular formula is C19H25N.